The first kappa shape index (κ1) is 10.4. The molecular formula is C12H14N2O3. The third-order valence-electron chi connectivity index (χ3n) is 3.13. The zero-order valence-electron chi connectivity index (χ0n) is 9.60. The summed E-state index contributed by atoms with van der Waals surface area (Å²) in [5, 5.41) is 3.17. The van der Waals surface area contributed by atoms with Gasteiger partial charge in [0.2, 0.25) is 0 Å². The molecule has 1 N–H and O–H groups in total. The Kier molecular flexibility index (Phi) is 2.40. The molecule has 1 atom stereocenters. The maximum absolute atomic E-state index is 12.3. The van der Waals surface area contributed by atoms with E-state index in [0.29, 0.717) is 12.1 Å². The van der Waals surface area contributed by atoms with Crippen LogP contribution in [0.4, 0.5) is 0 Å². The summed E-state index contributed by atoms with van der Waals surface area (Å²) in [5.74, 6) is 0.769. The Bertz CT molecular complexity index is 451. The number of fused-ring (bicyclic) bond motifs is 2. The van der Waals surface area contributed by atoms with Crippen molar-refractivity contribution in [1.29, 1.82) is 0 Å². The van der Waals surface area contributed by atoms with Crippen LogP contribution in [-0.2, 0) is 14.3 Å². The summed E-state index contributed by atoms with van der Waals surface area (Å²) in [6.45, 7) is 1.32. The molecule has 3 heterocycles. The SMILES string of the molecule is COC1=CC2=CO[C@@H]3NCCC=C3C(=O)N2C1. The minimum Gasteiger partial charge on any atom is -0.499 e. The summed E-state index contributed by atoms with van der Waals surface area (Å²) in [7, 11) is 1.61. The highest BCUT2D eigenvalue weighted by molar-refractivity contribution is 5.96. The van der Waals surface area contributed by atoms with Gasteiger partial charge in [-0.25, -0.2) is 0 Å². The molecule has 17 heavy (non-hydrogen) atoms. The highest BCUT2D eigenvalue weighted by Gasteiger charge is 2.35. The lowest BCUT2D eigenvalue weighted by atomic mass is 10.1. The molecule has 0 aromatic carbocycles. The second-order valence-corrected chi connectivity index (χ2v) is 4.17. The van der Waals surface area contributed by atoms with E-state index in [9.17, 15) is 4.79 Å². The lowest BCUT2D eigenvalue weighted by molar-refractivity contribution is -0.125. The molecule has 3 aliphatic rings. The maximum Gasteiger partial charge on any atom is 0.259 e. The number of amides is 1. The molecule has 3 aliphatic heterocycles. The van der Waals surface area contributed by atoms with Gasteiger partial charge in [0.1, 0.15) is 12.0 Å². The van der Waals surface area contributed by atoms with Gasteiger partial charge in [-0.2, -0.15) is 0 Å². The van der Waals surface area contributed by atoms with Gasteiger partial charge in [0.25, 0.3) is 5.91 Å². The molecule has 3 rings (SSSR count). The van der Waals surface area contributed by atoms with Gasteiger partial charge in [0.15, 0.2) is 6.23 Å². The van der Waals surface area contributed by atoms with Crippen molar-refractivity contribution < 1.29 is 14.3 Å². The van der Waals surface area contributed by atoms with Crippen molar-refractivity contribution in [3.63, 3.8) is 0 Å². The monoisotopic (exact) mass is 234 g/mol. The van der Waals surface area contributed by atoms with Gasteiger partial charge in [-0.05, 0) is 6.42 Å². The molecule has 0 aliphatic carbocycles. The average molecular weight is 234 g/mol. The van der Waals surface area contributed by atoms with Crippen LogP contribution in [0.25, 0.3) is 0 Å². The topological polar surface area (TPSA) is 50.8 Å². The van der Waals surface area contributed by atoms with Crippen molar-refractivity contribution >= 4 is 5.91 Å². The van der Waals surface area contributed by atoms with E-state index in [1.165, 1.54) is 0 Å². The fourth-order valence-corrected chi connectivity index (χ4v) is 2.22. The van der Waals surface area contributed by atoms with Crippen LogP contribution in [0.15, 0.2) is 35.4 Å². The van der Waals surface area contributed by atoms with E-state index >= 15 is 0 Å². The van der Waals surface area contributed by atoms with Crippen LogP contribution >= 0.6 is 0 Å². The molecule has 0 saturated carbocycles. The van der Waals surface area contributed by atoms with Crippen LogP contribution in [-0.4, -0.2) is 37.2 Å². The number of carbonyl (C=O) groups is 1. The predicted octanol–water partition coefficient (Wildman–Crippen LogP) is 0.476. The predicted molar refractivity (Wildman–Crippen MR) is 60.5 cm³/mol. The molecule has 1 amide bonds. The van der Waals surface area contributed by atoms with E-state index in [2.05, 4.69) is 5.32 Å². The fourth-order valence-electron chi connectivity index (χ4n) is 2.22. The van der Waals surface area contributed by atoms with E-state index in [4.69, 9.17) is 9.47 Å². The molecule has 0 saturated heterocycles. The summed E-state index contributed by atoms with van der Waals surface area (Å²) in [6, 6.07) is 0. The number of hydrogen-bond donors (Lipinski definition) is 1. The quantitative estimate of drug-likeness (QED) is 0.717. The number of nitrogens with zero attached hydrogens (tertiary/aromatic N) is 1. The normalized spacial score (nSPS) is 27.1. The van der Waals surface area contributed by atoms with Crippen molar-refractivity contribution in [2.45, 2.75) is 12.6 Å². The Balaban J connectivity index is 1.95. The van der Waals surface area contributed by atoms with Crippen LogP contribution < -0.4 is 5.32 Å². The Morgan fingerprint density at radius 3 is 3.29 bits per heavy atom. The second-order valence-electron chi connectivity index (χ2n) is 4.17. The van der Waals surface area contributed by atoms with Crippen molar-refractivity contribution in [2.24, 2.45) is 0 Å². The molecule has 0 bridgehead atoms. The second kappa shape index (κ2) is 3.92. The molecule has 0 fully saturated rings. The highest BCUT2D eigenvalue weighted by Crippen LogP contribution is 2.27. The number of allylic oxidation sites excluding steroid dienone is 1. The Morgan fingerprint density at radius 2 is 2.47 bits per heavy atom. The minimum absolute atomic E-state index is 0.00532. The molecule has 90 valence electrons. The van der Waals surface area contributed by atoms with Crippen LogP contribution in [0.1, 0.15) is 6.42 Å². The largest absolute Gasteiger partial charge is 0.499 e. The molecule has 0 unspecified atom stereocenters. The maximum atomic E-state index is 12.3. The first-order valence-electron chi connectivity index (χ1n) is 5.65. The molecule has 5 nitrogen and oxygen atoms in total. The molecule has 5 heteroatoms. The lowest BCUT2D eigenvalue weighted by Crippen LogP contribution is -2.41. The van der Waals surface area contributed by atoms with E-state index < -0.39 is 0 Å². The smallest absolute Gasteiger partial charge is 0.259 e. The van der Waals surface area contributed by atoms with Crippen molar-refractivity contribution in [2.75, 3.05) is 20.2 Å². The van der Waals surface area contributed by atoms with Gasteiger partial charge in [0, 0.05) is 12.6 Å². The summed E-state index contributed by atoms with van der Waals surface area (Å²) in [5.41, 5.74) is 1.44. The number of rotatable bonds is 1. The molecule has 0 radical (unpaired) electrons. The number of ether oxygens (including phenoxy) is 2. The first-order chi connectivity index (χ1) is 8.29. The van der Waals surface area contributed by atoms with Gasteiger partial charge >= 0.3 is 0 Å². The minimum atomic E-state index is -0.311. The van der Waals surface area contributed by atoms with E-state index in [0.717, 1.165) is 24.4 Å². The van der Waals surface area contributed by atoms with E-state index in [1.54, 1.807) is 18.3 Å². The van der Waals surface area contributed by atoms with E-state index in [-0.39, 0.29) is 12.1 Å². The Labute approximate surface area is 99.4 Å². The molecule has 0 aromatic heterocycles. The molecular weight excluding hydrogens is 220 g/mol. The Hall–Kier alpha value is -1.75. The standard InChI is InChI=1S/C12H14N2O3/c1-16-9-5-8-7-17-11-10(3-2-4-13-11)12(15)14(8)6-9/h3,5,7,11,13H,2,4,6H2,1H3/t11-/m0/s1. The van der Waals surface area contributed by atoms with Crippen molar-refractivity contribution in [1.82, 2.24) is 10.2 Å². The summed E-state index contributed by atoms with van der Waals surface area (Å²) in [6.07, 6.45) is 5.94. The lowest BCUT2D eigenvalue weighted by Gasteiger charge is -2.24. The summed E-state index contributed by atoms with van der Waals surface area (Å²) >= 11 is 0. The summed E-state index contributed by atoms with van der Waals surface area (Å²) in [4.78, 5) is 14.0. The molecule has 0 spiro atoms. The zero-order valence-corrected chi connectivity index (χ0v) is 9.60. The first-order valence-corrected chi connectivity index (χ1v) is 5.65. The highest BCUT2D eigenvalue weighted by atomic mass is 16.5. The van der Waals surface area contributed by atoms with Gasteiger partial charge in [-0.1, -0.05) is 6.08 Å². The average Bonchev–Trinajstić information content (AvgIpc) is 2.74. The number of carbonyl (C=O) groups excluding carboxylic acids is 1. The molecule has 0 aromatic rings. The van der Waals surface area contributed by atoms with Crippen LogP contribution in [0.3, 0.4) is 0 Å². The van der Waals surface area contributed by atoms with Gasteiger partial charge in [-0.15, -0.1) is 0 Å². The summed E-state index contributed by atoms with van der Waals surface area (Å²) < 4.78 is 10.7. The zero-order chi connectivity index (χ0) is 11.8. The van der Waals surface area contributed by atoms with E-state index in [1.807, 2.05) is 12.2 Å². The number of nitrogens with one attached hydrogen (secondary N) is 1. The Morgan fingerprint density at radius 1 is 1.59 bits per heavy atom. The van der Waals surface area contributed by atoms with Gasteiger partial charge in [0.05, 0.1) is 24.9 Å². The van der Waals surface area contributed by atoms with Gasteiger partial charge < -0.3 is 9.47 Å². The van der Waals surface area contributed by atoms with Crippen molar-refractivity contribution in [3.8, 4) is 0 Å². The third-order valence-corrected chi connectivity index (χ3v) is 3.13. The van der Waals surface area contributed by atoms with Crippen LogP contribution in [0.2, 0.25) is 0 Å². The number of methoxy groups -OCH3 is 1. The van der Waals surface area contributed by atoms with Crippen LogP contribution in [0.5, 0.6) is 0 Å². The van der Waals surface area contributed by atoms with Gasteiger partial charge in [-0.3, -0.25) is 15.0 Å². The van der Waals surface area contributed by atoms with Crippen molar-refractivity contribution in [3.05, 3.63) is 35.4 Å². The third kappa shape index (κ3) is 1.63. The fraction of sp³-hybridized carbons (Fsp3) is 0.417. The van der Waals surface area contributed by atoms with Crippen LogP contribution in [0, 0.1) is 0 Å². The number of hydrogen-bond acceptors (Lipinski definition) is 4.